The minimum atomic E-state index is 0.00274. The summed E-state index contributed by atoms with van der Waals surface area (Å²) in [6.45, 7) is 4.05. The molecule has 2 aromatic carbocycles. The molecule has 1 aliphatic heterocycles. The summed E-state index contributed by atoms with van der Waals surface area (Å²) >= 11 is 0. The van der Waals surface area contributed by atoms with Crippen LogP contribution in [-0.2, 0) is 4.79 Å². The number of carbonyl (C=O) groups excluding carboxylic acids is 1. The van der Waals surface area contributed by atoms with Crippen molar-refractivity contribution in [1.29, 1.82) is 0 Å². The van der Waals surface area contributed by atoms with Crippen LogP contribution in [0.2, 0.25) is 0 Å². The Labute approximate surface area is 172 Å². The Bertz CT molecular complexity index is 824. The van der Waals surface area contributed by atoms with Crippen LogP contribution in [0.4, 0.5) is 5.69 Å². The molecule has 1 amide bonds. The summed E-state index contributed by atoms with van der Waals surface area (Å²) in [6.07, 6.45) is 2.31. The minimum Gasteiger partial charge on any atom is -0.495 e. The average Bonchev–Trinajstić information content (AvgIpc) is 2.74. The second-order valence-corrected chi connectivity index (χ2v) is 7.28. The van der Waals surface area contributed by atoms with E-state index in [-0.39, 0.29) is 11.9 Å². The molecule has 2 aromatic rings. The Balaban J connectivity index is 1.49. The molecule has 1 N–H and O–H groups in total. The molecule has 0 radical (unpaired) electrons. The summed E-state index contributed by atoms with van der Waals surface area (Å²) in [7, 11) is 3.30. The third kappa shape index (κ3) is 5.56. The van der Waals surface area contributed by atoms with Gasteiger partial charge in [-0.05, 0) is 49.6 Å². The molecular formula is C23H30N2O4. The van der Waals surface area contributed by atoms with Gasteiger partial charge in [0.2, 0.25) is 5.91 Å². The molecule has 0 saturated carbocycles. The number of para-hydroxylation sites is 2. The molecule has 156 valence electrons. The Hall–Kier alpha value is -2.89. The lowest BCUT2D eigenvalue weighted by atomic mass is 10.0. The van der Waals surface area contributed by atoms with Gasteiger partial charge >= 0.3 is 0 Å². The number of ether oxygens (including phenoxy) is 3. The molecule has 1 heterocycles. The van der Waals surface area contributed by atoms with Crippen molar-refractivity contribution < 1.29 is 19.0 Å². The SMILES string of the molecule is COc1cc(C)ccc1OCCC(=O)NC1CCCN(c2ccccc2OC)C1. The van der Waals surface area contributed by atoms with E-state index in [2.05, 4.69) is 16.3 Å². The van der Waals surface area contributed by atoms with Gasteiger partial charge in [-0.3, -0.25) is 4.79 Å². The van der Waals surface area contributed by atoms with Crippen LogP contribution in [0.15, 0.2) is 42.5 Å². The van der Waals surface area contributed by atoms with Crippen molar-refractivity contribution in [3.63, 3.8) is 0 Å². The van der Waals surface area contributed by atoms with E-state index in [9.17, 15) is 4.79 Å². The zero-order chi connectivity index (χ0) is 20.6. The first-order chi connectivity index (χ1) is 14.1. The Kier molecular flexibility index (Phi) is 7.22. The molecule has 0 bridgehead atoms. The van der Waals surface area contributed by atoms with Gasteiger partial charge in [-0.25, -0.2) is 0 Å². The molecule has 1 fully saturated rings. The van der Waals surface area contributed by atoms with Gasteiger partial charge < -0.3 is 24.4 Å². The summed E-state index contributed by atoms with van der Waals surface area (Å²) in [4.78, 5) is 14.7. The number of amides is 1. The van der Waals surface area contributed by atoms with Crippen molar-refractivity contribution in [3.05, 3.63) is 48.0 Å². The lowest BCUT2D eigenvalue weighted by molar-refractivity contribution is -0.122. The predicted octanol–water partition coefficient (Wildman–Crippen LogP) is 3.57. The van der Waals surface area contributed by atoms with Gasteiger partial charge in [0, 0.05) is 19.1 Å². The third-order valence-electron chi connectivity index (χ3n) is 5.12. The topological polar surface area (TPSA) is 60.0 Å². The zero-order valence-electron chi connectivity index (χ0n) is 17.4. The maximum absolute atomic E-state index is 12.4. The number of nitrogens with one attached hydrogen (secondary N) is 1. The standard InChI is InChI=1S/C23H30N2O4/c1-17-10-11-21(22(15-17)28-3)29-14-12-23(26)24-18-7-6-13-25(16-18)19-8-4-5-9-20(19)27-2/h4-5,8-11,15,18H,6-7,12-14,16H2,1-3H3,(H,24,26). The van der Waals surface area contributed by atoms with Crippen LogP contribution in [0.1, 0.15) is 24.8 Å². The molecule has 6 nitrogen and oxygen atoms in total. The number of nitrogens with zero attached hydrogens (tertiary/aromatic N) is 1. The fourth-order valence-corrected chi connectivity index (χ4v) is 3.65. The lowest BCUT2D eigenvalue weighted by Crippen LogP contribution is -2.48. The van der Waals surface area contributed by atoms with E-state index in [0.717, 1.165) is 42.9 Å². The Morgan fingerprint density at radius 2 is 1.90 bits per heavy atom. The van der Waals surface area contributed by atoms with Gasteiger partial charge in [0.05, 0.1) is 32.9 Å². The first-order valence-electron chi connectivity index (χ1n) is 10.1. The molecule has 1 unspecified atom stereocenters. The van der Waals surface area contributed by atoms with Crippen LogP contribution in [0, 0.1) is 6.92 Å². The van der Waals surface area contributed by atoms with Crippen molar-refractivity contribution in [2.24, 2.45) is 0 Å². The average molecular weight is 399 g/mol. The summed E-state index contributed by atoms with van der Waals surface area (Å²) in [5.74, 6) is 2.21. The summed E-state index contributed by atoms with van der Waals surface area (Å²) in [5, 5.41) is 3.15. The molecule has 0 aromatic heterocycles. The minimum absolute atomic E-state index is 0.00274. The van der Waals surface area contributed by atoms with Crippen molar-refractivity contribution in [2.45, 2.75) is 32.2 Å². The van der Waals surface area contributed by atoms with E-state index in [4.69, 9.17) is 14.2 Å². The monoisotopic (exact) mass is 398 g/mol. The maximum atomic E-state index is 12.4. The number of piperidine rings is 1. The van der Waals surface area contributed by atoms with Gasteiger partial charge in [0.25, 0.3) is 0 Å². The van der Waals surface area contributed by atoms with Crippen molar-refractivity contribution >= 4 is 11.6 Å². The number of hydrogen-bond acceptors (Lipinski definition) is 5. The van der Waals surface area contributed by atoms with Crippen LogP contribution in [-0.4, -0.2) is 45.9 Å². The third-order valence-corrected chi connectivity index (χ3v) is 5.12. The van der Waals surface area contributed by atoms with E-state index in [1.807, 2.05) is 43.3 Å². The maximum Gasteiger partial charge on any atom is 0.223 e. The smallest absolute Gasteiger partial charge is 0.223 e. The van der Waals surface area contributed by atoms with E-state index in [1.54, 1.807) is 14.2 Å². The lowest BCUT2D eigenvalue weighted by Gasteiger charge is -2.35. The Morgan fingerprint density at radius 3 is 2.69 bits per heavy atom. The van der Waals surface area contributed by atoms with Crippen LogP contribution < -0.4 is 24.4 Å². The quantitative estimate of drug-likeness (QED) is 0.737. The van der Waals surface area contributed by atoms with Crippen LogP contribution >= 0.6 is 0 Å². The molecule has 1 aliphatic rings. The number of methoxy groups -OCH3 is 2. The Morgan fingerprint density at radius 1 is 1.10 bits per heavy atom. The number of hydrogen-bond donors (Lipinski definition) is 1. The second-order valence-electron chi connectivity index (χ2n) is 7.28. The molecule has 0 aliphatic carbocycles. The highest BCUT2D eigenvalue weighted by Gasteiger charge is 2.23. The van der Waals surface area contributed by atoms with Gasteiger partial charge in [0.15, 0.2) is 11.5 Å². The number of rotatable bonds is 8. The highest BCUT2D eigenvalue weighted by Crippen LogP contribution is 2.30. The molecule has 29 heavy (non-hydrogen) atoms. The van der Waals surface area contributed by atoms with Crippen molar-refractivity contribution in [1.82, 2.24) is 5.32 Å². The zero-order valence-corrected chi connectivity index (χ0v) is 17.4. The highest BCUT2D eigenvalue weighted by molar-refractivity contribution is 5.76. The number of anilines is 1. The summed E-state index contributed by atoms with van der Waals surface area (Å²) < 4.78 is 16.6. The molecule has 0 spiro atoms. The second kappa shape index (κ2) is 10.0. The van der Waals surface area contributed by atoms with E-state index in [1.165, 1.54) is 0 Å². The largest absolute Gasteiger partial charge is 0.495 e. The van der Waals surface area contributed by atoms with Gasteiger partial charge in [0.1, 0.15) is 5.75 Å². The number of aryl methyl sites for hydroxylation is 1. The molecule has 1 atom stereocenters. The van der Waals surface area contributed by atoms with Crippen LogP contribution in [0.25, 0.3) is 0 Å². The number of benzene rings is 2. The molecular weight excluding hydrogens is 368 g/mol. The highest BCUT2D eigenvalue weighted by atomic mass is 16.5. The van der Waals surface area contributed by atoms with Crippen LogP contribution in [0.5, 0.6) is 17.2 Å². The fourth-order valence-electron chi connectivity index (χ4n) is 3.65. The molecule has 3 rings (SSSR count). The normalized spacial score (nSPS) is 16.2. The van der Waals surface area contributed by atoms with E-state index in [0.29, 0.717) is 24.5 Å². The van der Waals surface area contributed by atoms with Crippen molar-refractivity contribution in [3.8, 4) is 17.2 Å². The van der Waals surface area contributed by atoms with E-state index < -0.39 is 0 Å². The van der Waals surface area contributed by atoms with Crippen LogP contribution in [0.3, 0.4) is 0 Å². The first-order valence-corrected chi connectivity index (χ1v) is 10.1. The number of carbonyl (C=O) groups is 1. The summed E-state index contributed by atoms with van der Waals surface area (Å²) in [5.41, 5.74) is 2.17. The van der Waals surface area contributed by atoms with E-state index >= 15 is 0 Å². The van der Waals surface area contributed by atoms with Crippen molar-refractivity contribution in [2.75, 3.05) is 38.8 Å². The summed E-state index contributed by atoms with van der Waals surface area (Å²) in [6, 6.07) is 13.9. The first kappa shape index (κ1) is 20.8. The fraction of sp³-hybridized carbons (Fsp3) is 0.435. The molecule has 6 heteroatoms. The molecule has 1 saturated heterocycles. The predicted molar refractivity (Wildman–Crippen MR) is 114 cm³/mol. The van der Waals surface area contributed by atoms with Gasteiger partial charge in [-0.2, -0.15) is 0 Å². The van der Waals surface area contributed by atoms with Gasteiger partial charge in [-0.1, -0.05) is 18.2 Å². The van der Waals surface area contributed by atoms with Gasteiger partial charge in [-0.15, -0.1) is 0 Å².